The smallest absolute Gasteiger partial charge is 0.326 e. The van der Waals surface area contributed by atoms with Gasteiger partial charge in [-0.15, -0.1) is 0 Å². The van der Waals surface area contributed by atoms with E-state index in [1.165, 1.54) is 18.7 Å². The van der Waals surface area contributed by atoms with E-state index in [1.807, 2.05) is 18.9 Å². The van der Waals surface area contributed by atoms with Crippen LogP contribution < -0.4 is 5.32 Å². The fourth-order valence-electron chi connectivity index (χ4n) is 1.80. The maximum atomic E-state index is 12.2. The molecule has 1 atom stereocenters. The Kier molecular flexibility index (Phi) is 8.54. The molecule has 0 heterocycles. The van der Waals surface area contributed by atoms with Gasteiger partial charge in [-0.1, -0.05) is 6.92 Å². The topological polar surface area (TPSA) is 90.0 Å². The molecule has 7 nitrogen and oxygen atoms in total. The fourth-order valence-corrected chi connectivity index (χ4v) is 1.80. The summed E-state index contributed by atoms with van der Waals surface area (Å²) < 4.78 is 0. The van der Waals surface area contributed by atoms with Gasteiger partial charge < -0.3 is 15.3 Å². The van der Waals surface area contributed by atoms with Gasteiger partial charge in [0, 0.05) is 20.0 Å². The summed E-state index contributed by atoms with van der Waals surface area (Å²) >= 11 is 0. The number of nitrogens with one attached hydrogen (secondary N) is 1. The van der Waals surface area contributed by atoms with E-state index in [-0.39, 0.29) is 31.4 Å². The van der Waals surface area contributed by atoms with Crippen LogP contribution in [0.2, 0.25) is 0 Å². The number of nitrogens with zero attached hydrogens (tertiary/aromatic N) is 2. The number of rotatable bonds is 9. The van der Waals surface area contributed by atoms with Crippen LogP contribution in [0.25, 0.3) is 0 Å². The molecule has 0 aliphatic heterocycles. The number of carbonyl (C=O) groups is 3. The van der Waals surface area contributed by atoms with Crippen LogP contribution in [0.1, 0.15) is 27.2 Å². The zero-order chi connectivity index (χ0) is 15.7. The number of carboxylic acid groups (broad SMARTS) is 1. The first kappa shape index (κ1) is 18.4. The normalized spacial score (nSPS) is 12.1. The summed E-state index contributed by atoms with van der Waals surface area (Å²) in [5, 5.41) is 11.6. The van der Waals surface area contributed by atoms with Crippen LogP contribution in [0.15, 0.2) is 0 Å². The zero-order valence-corrected chi connectivity index (χ0v) is 12.7. The third kappa shape index (κ3) is 7.08. The van der Waals surface area contributed by atoms with E-state index in [4.69, 9.17) is 5.11 Å². The van der Waals surface area contributed by atoms with E-state index in [2.05, 4.69) is 5.32 Å². The molecule has 0 saturated heterocycles. The summed E-state index contributed by atoms with van der Waals surface area (Å²) in [4.78, 5) is 37.2. The van der Waals surface area contributed by atoms with Gasteiger partial charge in [0.2, 0.25) is 11.8 Å². The van der Waals surface area contributed by atoms with Gasteiger partial charge in [0.15, 0.2) is 0 Å². The largest absolute Gasteiger partial charge is 0.480 e. The van der Waals surface area contributed by atoms with Crippen molar-refractivity contribution in [3.8, 4) is 0 Å². The van der Waals surface area contributed by atoms with E-state index >= 15 is 0 Å². The van der Waals surface area contributed by atoms with Gasteiger partial charge in [-0.05, 0) is 26.9 Å². The Morgan fingerprint density at radius 2 is 1.85 bits per heavy atom. The molecule has 0 saturated carbocycles. The molecule has 1 unspecified atom stereocenters. The van der Waals surface area contributed by atoms with Crippen molar-refractivity contribution in [2.75, 3.05) is 33.2 Å². The predicted octanol–water partition coefficient (Wildman–Crippen LogP) is -0.234. The van der Waals surface area contributed by atoms with Gasteiger partial charge in [-0.25, -0.2) is 4.79 Å². The predicted molar refractivity (Wildman–Crippen MR) is 75.3 cm³/mol. The molecule has 0 aromatic rings. The third-order valence-corrected chi connectivity index (χ3v) is 2.88. The highest BCUT2D eigenvalue weighted by Crippen LogP contribution is 2.01. The van der Waals surface area contributed by atoms with Crippen LogP contribution in [0.3, 0.4) is 0 Å². The standard InChI is InChI=1S/C13H25N3O4/c1-5-7-15(4)9-12(18)16(10(2)13(19)20)8-6-14-11(3)17/h10H,5-9H2,1-4H3,(H,14,17)(H,19,20). The van der Waals surface area contributed by atoms with Crippen LogP contribution in [0.4, 0.5) is 0 Å². The van der Waals surface area contributed by atoms with Crippen molar-refractivity contribution in [2.45, 2.75) is 33.2 Å². The molecule has 0 rings (SSSR count). The fraction of sp³-hybridized carbons (Fsp3) is 0.769. The number of carboxylic acids is 1. The Bertz CT molecular complexity index is 347. The van der Waals surface area contributed by atoms with Gasteiger partial charge in [-0.2, -0.15) is 0 Å². The highest BCUT2D eigenvalue weighted by Gasteiger charge is 2.25. The monoisotopic (exact) mass is 287 g/mol. The van der Waals surface area contributed by atoms with Crippen LogP contribution >= 0.6 is 0 Å². The quantitative estimate of drug-likeness (QED) is 0.611. The Morgan fingerprint density at radius 3 is 2.30 bits per heavy atom. The highest BCUT2D eigenvalue weighted by atomic mass is 16.4. The SMILES string of the molecule is CCCN(C)CC(=O)N(CCNC(C)=O)C(C)C(=O)O. The second-order valence-electron chi connectivity index (χ2n) is 4.82. The lowest BCUT2D eigenvalue weighted by Gasteiger charge is -2.28. The maximum Gasteiger partial charge on any atom is 0.326 e. The minimum atomic E-state index is -1.06. The molecule has 0 spiro atoms. The molecule has 20 heavy (non-hydrogen) atoms. The minimum Gasteiger partial charge on any atom is -0.480 e. The van der Waals surface area contributed by atoms with Gasteiger partial charge in [0.25, 0.3) is 0 Å². The lowest BCUT2D eigenvalue weighted by atomic mass is 10.2. The lowest BCUT2D eigenvalue weighted by molar-refractivity contribution is -0.149. The Labute approximate surface area is 119 Å². The van der Waals surface area contributed by atoms with E-state index in [9.17, 15) is 14.4 Å². The number of hydrogen-bond acceptors (Lipinski definition) is 4. The van der Waals surface area contributed by atoms with Gasteiger partial charge >= 0.3 is 5.97 Å². The summed E-state index contributed by atoms with van der Waals surface area (Å²) in [5.74, 6) is -1.51. The summed E-state index contributed by atoms with van der Waals surface area (Å²) in [6.45, 7) is 6.23. The number of aliphatic carboxylic acids is 1. The average Bonchev–Trinajstić information content (AvgIpc) is 2.33. The zero-order valence-electron chi connectivity index (χ0n) is 12.7. The molecule has 116 valence electrons. The summed E-state index contributed by atoms with van der Waals surface area (Å²) in [6.07, 6.45) is 0.921. The van der Waals surface area contributed by atoms with Crippen molar-refractivity contribution < 1.29 is 19.5 Å². The minimum absolute atomic E-state index is 0.172. The van der Waals surface area contributed by atoms with E-state index in [0.29, 0.717) is 0 Å². The van der Waals surface area contributed by atoms with Crippen molar-refractivity contribution in [3.05, 3.63) is 0 Å². The molecule has 0 aromatic heterocycles. The summed E-state index contributed by atoms with van der Waals surface area (Å²) in [5.41, 5.74) is 0. The highest BCUT2D eigenvalue weighted by molar-refractivity contribution is 5.84. The maximum absolute atomic E-state index is 12.2. The van der Waals surface area contributed by atoms with E-state index in [1.54, 1.807) is 0 Å². The molecule has 0 aliphatic rings. The molecule has 0 bridgehead atoms. The van der Waals surface area contributed by atoms with Crippen LogP contribution in [-0.4, -0.2) is 72.0 Å². The van der Waals surface area contributed by atoms with E-state index in [0.717, 1.165) is 13.0 Å². The molecular formula is C13H25N3O4. The molecule has 0 fully saturated rings. The van der Waals surface area contributed by atoms with Crippen molar-refractivity contribution in [1.82, 2.24) is 15.1 Å². The molecule has 0 aliphatic carbocycles. The summed E-state index contributed by atoms with van der Waals surface area (Å²) in [7, 11) is 1.82. The van der Waals surface area contributed by atoms with Gasteiger partial charge in [0.1, 0.15) is 6.04 Å². The summed E-state index contributed by atoms with van der Waals surface area (Å²) in [6, 6.07) is -0.911. The van der Waals surface area contributed by atoms with Crippen molar-refractivity contribution in [2.24, 2.45) is 0 Å². The molecule has 7 heteroatoms. The third-order valence-electron chi connectivity index (χ3n) is 2.88. The van der Waals surface area contributed by atoms with Crippen LogP contribution in [0, 0.1) is 0 Å². The van der Waals surface area contributed by atoms with Gasteiger partial charge in [0.05, 0.1) is 6.54 Å². The number of amides is 2. The number of carbonyl (C=O) groups excluding carboxylic acids is 2. The molecular weight excluding hydrogens is 262 g/mol. The lowest BCUT2D eigenvalue weighted by Crippen LogP contribution is -2.49. The average molecular weight is 287 g/mol. The molecule has 2 N–H and O–H groups in total. The van der Waals surface area contributed by atoms with Crippen molar-refractivity contribution >= 4 is 17.8 Å². The van der Waals surface area contributed by atoms with Crippen molar-refractivity contribution in [3.63, 3.8) is 0 Å². The Morgan fingerprint density at radius 1 is 1.25 bits per heavy atom. The van der Waals surface area contributed by atoms with Crippen LogP contribution in [-0.2, 0) is 14.4 Å². The molecule has 2 amide bonds. The number of hydrogen-bond donors (Lipinski definition) is 2. The van der Waals surface area contributed by atoms with Crippen LogP contribution in [0.5, 0.6) is 0 Å². The van der Waals surface area contributed by atoms with Gasteiger partial charge in [-0.3, -0.25) is 14.5 Å². The number of likely N-dealkylation sites (N-methyl/N-ethyl adjacent to an activating group) is 1. The Hall–Kier alpha value is -1.63. The van der Waals surface area contributed by atoms with E-state index < -0.39 is 12.0 Å². The first-order valence-electron chi connectivity index (χ1n) is 6.74. The second kappa shape index (κ2) is 9.30. The van der Waals surface area contributed by atoms with Crippen molar-refractivity contribution in [1.29, 1.82) is 0 Å². The Balaban J connectivity index is 4.61. The first-order valence-corrected chi connectivity index (χ1v) is 6.74. The first-order chi connectivity index (χ1) is 9.29. The molecule has 0 radical (unpaired) electrons. The second-order valence-corrected chi connectivity index (χ2v) is 4.82. The molecule has 0 aromatic carbocycles.